The maximum absolute atomic E-state index is 12.4. The number of benzene rings is 2. The van der Waals surface area contributed by atoms with Gasteiger partial charge in [0.05, 0.1) is 24.4 Å². The molecule has 0 aliphatic rings. The van der Waals surface area contributed by atoms with Gasteiger partial charge in [-0.3, -0.25) is 4.79 Å². The molecule has 0 saturated heterocycles. The van der Waals surface area contributed by atoms with Gasteiger partial charge in [0.1, 0.15) is 5.75 Å². The molecule has 2 aromatic rings. The second kappa shape index (κ2) is 8.67. The van der Waals surface area contributed by atoms with Crippen LogP contribution in [0.3, 0.4) is 0 Å². The first kappa shape index (κ1) is 19.0. The van der Waals surface area contributed by atoms with Gasteiger partial charge >= 0.3 is 6.61 Å². The number of nitrogens with zero attached hydrogens (tertiary/aromatic N) is 1. The van der Waals surface area contributed by atoms with Gasteiger partial charge in [-0.25, -0.2) is 0 Å². The highest BCUT2D eigenvalue weighted by Crippen LogP contribution is 2.29. The van der Waals surface area contributed by atoms with Crippen molar-refractivity contribution >= 4 is 11.6 Å². The third-order valence-corrected chi connectivity index (χ3v) is 3.33. The first-order valence-corrected chi connectivity index (χ1v) is 7.54. The minimum Gasteiger partial charge on any atom is -0.493 e. The molecular formula is C18H16F2N2O4. The molecule has 26 heavy (non-hydrogen) atoms. The van der Waals surface area contributed by atoms with Crippen LogP contribution in [0.25, 0.3) is 0 Å². The van der Waals surface area contributed by atoms with E-state index in [-0.39, 0.29) is 17.2 Å². The zero-order valence-corrected chi connectivity index (χ0v) is 14.0. The highest BCUT2D eigenvalue weighted by atomic mass is 19.3. The molecule has 1 unspecified atom stereocenters. The molecule has 0 saturated carbocycles. The molecule has 1 amide bonds. The number of halogens is 2. The molecule has 0 aliphatic carbocycles. The third kappa shape index (κ3) is 4.83. The lowest BCUT2D eigenvalue weighted by molar-refractivity contribution is -0.122. The lowest BCUT2D eigenvalue weighted by atomic mass is 10.2. The van der Waals surface area contributed by atoms with E-state index in [1.54, 1.807) is 6.07 Å². The fourth-order valence-corrected chi connectivity index (χ4v) is 2.08. The van der Waals surface area contributed by atoms with Crippen molar-refractivity contribution < 1.29 is 27.8 Å². The Labute approximate surface area is 148 Å². The Morgan fingerprint density at radius 1 is 1.12 bits per heavy atom. The van der Waals surface area contributed by atoms with Gasteiger partial charge in [0, 0.05) is 6.07 Å². The lowest BCUT2D eigenvalue weighted by Gasteiger charge is -2.18. The number of methoxy groups -OCH3 is 1. The quantitative estimate of drug-likeness (QED) is 0.814. The van der Waals surface area contributed by atoms with Crippen LogP contribution in [0.15, 0.2) is 42.5 Å². The second-order valence-corrected chi connectivity index (χ2v) is 5.10. The standard InChI is InChI=1S/C18H16F2N2O4/c1-11(25-15-8-7-12(10-21)9-16(15)24-2)17(23)22-13-5-3-4-6-14(13)26-18(19)20/h3-9,11,18H,1-2H3,(H,22,23). The smallest absolute Gasteiger partial charge is 0.387 e. The van der Waals surface area contributed by atoms with Crippen LogP contribution < -0.4 is 19.5 Å². The predicted octanol–water partition coefficient (Wildman–Crippen LogP) is 3.57. The summed E-state index contributed by atoms with van der Waals surface area (Å²) in [5.41, 5.74) is 0.476. The first-order valence-electron chi connectivity index (χ1n) is 7.54. The van der Waals surface area contributed by atoms with Gasteiger partial charge in [0.25, 0.3) is 5.91 Å². The van der Waals surface area contributed by atoms with Crippen LogP contribution in [0, 0.1) is 11.3 Å². The molecular weight excluding hydrogens is 346 g/mol. The molecule has 136 valence electrons. The number of anilines is 1. The summed E-state index contributed by atoms with van der Waals surface area (Å²) in [6.07, 6.45) is -0.962. The van der Waals surface area contributed by atoms with Crippen LogP contribution in [-0.4, -0.2) is 25.7 Å². The Balaban J connectivity index is 2.11. The minimum absolute atomic E-state index is 0.0973. The minimum atomic E-state index is -3.01. The van der Waals surface area contributed by atoms with E-state index in [1.807, 2.05) is 6.07 Å². The summed E-state index contributed by atoms with van der Waals surface area (Å²) in [6.45, 7) is -1.52. The predicted molar refractivity (Wildman–Crippen MR) is 89.5 cm³/mol. The van der Waals surface area contributed by atoms with Gasteiger partial charge < -0.3 is 19.5 Å². The number of amides is 1. The van der Waals surface area contributed by atoms with Crippen molar-refractivity contribution in [2.45, 2.75) is 19.6 Å². The Morgan fingerprint density at radius 2 is 1.85 bits per heavy atom. The molecule has 0 heterocycles. The number of nitriles is 1. The molecule has 0 bridgehead atoms. The number of rotatable bonds is 7. The van der Waals surface area contributed by atoms with Gasteiger partial charge in [0.2, 0.25) is 0 Å². The van der Waals surface area contributed by atoms with E-state index >= 15 is 0 Å². The summed E-state index contributed by atoms with van der Waals surface area (Å²) in [4.78, 5) is 12.3. The van der Waals surface area contributed by atoms with Gasteiger partial charge in [-0.05, 0) is 31.2 Å². The molecule has 0 spiro atoms. The maximum Gasteiger partial charge on any atom is 0.387 e. The van der Waals surface area contributed by atoms with E-state index in [0.717, 1.165) is 0 Å². The number of para-hydroxylation sites is 2. The first-order chi connectivity index (χ1) is 12.4. The average molecular weight is 362 g/mol. The Hall–Kier alpha value is -3.34. The Kier molecular flexibility index (Phi) is 6.33. The largest absolute Gasteiger partial charge is 0.493 e. The van der Waals surface area contributed by atoms with Crippen molar-refractivity contribution in [2.24, 2.45) is 0 Å². The molecule has 6 nitrogen and oxygen atoms in total. The van der Waals surface area contributed by atoms with E-state index < -0.39 is 18.6 Å². The van der Waals surface area contributed by atoms with Crippen molar-refractivity contribution in [2.75, 3.05) is 12.4 Å². The molecule has 8 heteroatoms. The number of ether oxygens (including phenoxy) is 3. The summed E-state index contributed by atoms with van der Waals surface area (Å²) in [5.74, 6) is -0.155. The van der Waals surface area contributed by atoms with Crippen LogP contribution in [0.2, 0.25) is 0 Å². The third-order valence-electron chi connectivity index (χ3n) is 3.33. The van der Waals surface area contributed by atoms with Crippen LogP contribution in [0.5, 0.6) is 17.2 Å². The molecule has 2 rings (SSSR count). The fourth-order valence-electron chi connectivity index (χ4n) is 2.08. The van der Waals surface area contributed by atoms with Crippen molar-refractivity contribution in [1.82, 2.24) is 0 Å². The molecule has 0 radical (unpaired) electrons. The highest BCUT2D eigenvalue weighted by Gasteiger charge is 2.19. The van der Waals surface area contributed by atoms with Gasteiger partial charge in [0.15, 0.2) is 17.6 Å². The second-order valence-electron chi connectivity index (χ2n) is 5.10. The van der Waals surface area contributed by atoms with Crippen molar-refractivity contribution in [3.63, 3.8) is 0 Å². The normalized spacial score (nSPS) is 11.4. The molecule has 1 N–H and O–H groups in total. The van der Waals surface area contributed by atoms with Gasteiger partial charge in [-0.1, -0.05) is 12.1 Å². The molecule has 0 aliphatic heterocycles. The van der Waals surface area contributed by atoms with E-state index in [0.29, 0.717) is 11.3 Å². The number of carbonyl (C=O) groups excluding carboxylic acids is 1. The number of hydrogen-bond donors (Lipinski definition) is 1. The molecule has 1 atom stereocenters. The summed E-state index contributed by atoms with van der Waals surface area (Å²) in [7, 11) is 1.41. The lowest BCUT2D eigenvalue weighted by Crippen LogP contribution is -2.30. The molecule has 0 aromatic heterocycles. The van der Waals surface area contributed by atoms with Crippen molar-refractivity contribution in [3.8, 4) is 23.3 Å². The van der Waals surface area contributed by atoms with Crippen molar-refractivity contribution in [1.29, 1.82) is 5.26 Å². The van der Waals surface area contributed by atoms with Crippen LogP contribution >= 0.6 is 0 Å². The summed E-state index contributed by atoms with van der Waals surface area (Å²) in [6, 6.07) is 12.3. The monoisotopic (exact) mass is 362 g/mol. The molecule has 2 aromatic carbocycles. The summed E-state index contributed by atoms with van der Waals surface area (Å²) in [5, 5.41) is 11.4. The van der Waals surface area contributed by atoms with E-state index in [9.17, 15) is 13.6 Å². The summed E-state index contributed by atoms with van der Waals surface area (Å²) < 4.78 is 39.9. The van der Waals surface area contributed by atoms with E-state index in [4.69, 9.17) is 14.7 Å². The number of carbonyl (C=O) groups is 1. The highest BCUT2D eigenvalue weighted by molar-refractivity contribution is 5.95. The maximum atomic E-state index is 12.4. The van der Waals surface area contributed by atoms with Crippen LogP contribution in [0.1, 0.15) is 12.5 Å². The molecule has 0 fully saturated rings. The Morgan fingerprint density at radius 3 is 2.50 bits per heavy atom. The Bertz CT molecular complexity index is 821. The number of nitrogens with one attached hydrogen (secondary N) is 1. The SMILES string of the molecule is COc1cc(C#N)ccc1OC(C)C(=O)Nc1ccccc1OC(F)F. The number of hydrogen-bond acceptors (Lipinski definition) is 5. The zero-order chi connectivity index (χ0) is 19.1. The average Bonchev–Trinajstić information content (AvgIpc) is 2.63. The van der Waals surface area contributed by atoms with Crippen LogP contribution in [-0.2, 0) is 4.79 Å². The number of alkyl halides is 2. The fraction of sp³-hybridized carbons (Fsp3) is 0.222. The van der Waals surface area contributed by atoms with Crippen molar-refractivity contribution in [3.05, 3.63) is 48.0 Å². The summed E-state index contributed by atoms with van der Waals surface area (Å²) >= 11 is 0. The van der Waals surface area contributed by atoms with Crippen LogP contribution in [0.4, 0.5) is 14.5 Å². The van der Waals surface area contributed by atoms with E-state index in [2.05, 4.69) is 10.1 Å². The van der Waals surface area contributed by atoms with E-state index in [1.165, 1.54) is 50.4 Å². The van der Waals surface area contributed by atoms with Gasteiger partial charge in [-0.15, -0.1) is 0 Å². The van der Waals surface area contributed by atoms with Gasteiger partial charge in [-0.2, -0.15) is 14.0 Å². The zero-order valence-electron chi connectivity index (χ0n) is 14.0. The topological polar surface area (TPSA) is 80.6 Å².